The van der Waals surface area contributed by atoms with Gasteiger partial charge in [-0.25, -0.2) is 0 Å². The minimum absolute atomic E-state index is 0.216. The fraction of sp³-hybridized carbons (Fsp3) is 0.333. The summed E-state index contributed by atoms with van der Waals surface area (Å²) in [5.41, 5.74) is 0. The van der Waals surface area contributed by atoms with Crippen molar-refractivity contribution in [2.24, 2.45) is 0 Å². The molecule has 0 saturated carbocycles. The van der Waals surface area contributed by atoms with Crippen molar-refractivity contribution in [3.8, 4) is 29.6 Å². The highest BCUT2D eigenvalue weighted by molar-refractivity contribution is 14.1. The maximum absolute atomic E-state index is 5.53. The molecule has 0 heterocycles. The van der Waals surface area contributed by atoms with Crippen LogP contribution in [-0.4, -0.2) is 24.8 Å². The summed E-state index contributed by atoms with van der Waals surface area (Å²) >= 11 is 2.25. The molecule has 0 saturated heterocycles. The van der Waals surface area contributed by atoms with Crippen LogP contribution in [0.4, 0.5) is 0 Å². The number of alkyl halides is 1. The normalized spacial score (nSPS) is 9.31. The van der Waals surface area contributed by atoms with Gasteiger partial charge in [-0.1, -0.05) is 28.5 Å². The molecular formula is C12H13IO3. The van der Waals surface area contributed by atoms with E-state index >= 15 is 0 Å². The van der Waals surface area contributed by atoms with Gasteiger partial charge in [-0.2, -0.15) is 0 Å². The lowest BCUT2D eigenvalue weighted by Gasteiger charge is -2.11. The number of rotatable bonds is 6. The van der Waals surface area contributed by atoms with E-state index < -0.39 is 0 Å². The number of halogens is 1. The minimum atomic E-state index is 0.216. The molecule has 1 aromatic carbocycles. The third-order valence-electron chi connectivity index (χ3n) is 1.80. The van der Waals surface area contributed by atoms with Crippen molar-refractivity contribution in [2.75, 3.05) is 24.8 Å². The van der Waals surface area contributed by atoms with Crippen LogP contribution >= 0.6 is 22.6 Å². The molecule has 16 heavy (non-hydrogen) atoms. The van der Waals surface area contributed by atoms with Gasteiger partial charge < -0.3 is 14.2 Å². The molecule has 0 fully saturated rings. The fourth-order valence-corrected chi connectivity index (χ4v) is 1.34. The third-order valence-corrected chi connectivity index (χ3v) is 2.24. The Morgan fingerprint density at radius 3 is 2.75 bits per heavy atom. The Hall–Kier alpha value is -1.09. The van der Waals surface area contributed by atoms with Gasteiger partial charge in [-0.3, -0.25) is 0 Å². The number of methoxy groups -OCH3 is 1. The van der Waals surface area contributed by atoms with Crippen molar-refractivity contribution in [1.29, 1.82) is 0 Å². The van der Waals surface area contributed by atoms with E-state index in [1.807, 2.05) is 12.1 Å². The topological polar surface area (TPSA) is 27.7 Å². The Morgan fingerprint density at radius 2 is 2.12 bits per heavy atom. The Balaban J connectivity index is 2.83. The van der Waals surface area contributed by atoms with Crippen molar-refractivity contribution < 1.29 is 14.2 Å². The van der Waals surface area contributed by atoms with Crippen LogP contribution in [0, 0.1) is 12.3 Å². The Morgan fingerprint density at radius 1 is 1.31 bits per heavy atom. The quantitative estimate of drug-likeness (QED) is 0.455. The first-order valence-corrected chi connectivity index (χ1v) is 6.27. The molecule has 0 N–H and O–H groups in total. The summed E-state index contributed by atoms with van der Waals surface area (Å²) in [5.74, 6) is 4.43. The predicted molar refractivity (Wildman–Crippen MR) is 71.7 cm³/mol. The van der Waals surface area contributed by atoms with Gasteiger partial charge in [0.15, 0.2) is 11.5 Å². The second-order valence-corrected chi connectivity index (χ2v) is 3.92. The summed E-state index contributed by atoms with van der Waals surface area (Å²) in [6.45, 7) is 0.854. The SMILES string of the molecule is C#CCOc1cc(OC)ccc1OCCI. The highest BCUT2D eigenvalue weighted by Crippen LogP contribution is 2.31. The molecule has 1 aromatic rings. The van der Waals surface area contributed by atoms with E-state index in [0.717, 1.165) is 4.43 Å². The van der Waals surface area contributed by atoms with Gasteiger partial charge in [0.1, 0.15) is 12.4 Å². The predicted octanol–water partition coefficient (Wildman–Crippen LogP) is 2.52. The van der Waals surface area contributed by atoms with Gasteiger partial charge in [-0.15, -0.1) is 6.42 Å². The van der Waals surface area contributed by atoms with E-state index in [9.17, 15) is 0 Å². The van der Waals surface area contributed by atoms with Gasteiger partial charge in [0.2, 0.25) is 0 Å². The summed E-state index contributed by atoms with van der Waals surface area (Å²) in [6.07, 6.45) is 5.15. The smallest absolute Gasteiger partial charge is 0.166 e. The van der Waals surface area contributed by atoms with Gasteiger partial charge in [0.05, 0.1) is 13.7 Å². The highest BCUT2D eigenvalue weighted by Gasteiger charge is 2.06. The molecule has 4 heteroatoms. The Labute approximate surface area is 109 Å². The largest absolute Gasteiger partial charge is 0.497 e. The minimum Gasteiger partial charge on any atom is -0.497 e. The van der Waals surface area contributed by atoms with Crippen LogP contribution in [0.3, 0.4) is 0 Å². The zero-order valence-corrected chi connectivity index (χ0v) is 11.2. The molecular weight excluding hydrogens is 319 g/mol. The van der Waals surface area contributed by atoms with Crippen LogP contribution < -0.4 is 14.2 Å². The summed E-state index contributed by atoms with van der Waals surface area (Å²) in [4.78, 5) is 0. The van der Waals surface area contributed by atoms with E-state index in [1.165, 1.54) is 0 Å². The molecule has 0 aromatic heterocycles. The summed E-state index contributed by atoms with van der Waals surface area (Å²) in [7, 11) is 1.60. The van der Waals surface area contributed by atoms with Crippen molar-refractivity contribution >= 4 is 22.6 Å². The Bertz CT molecular complexity index is 371. The monoisotopic (exact) mass is 332 g/mol. The van der Waals surface area contributed by atoms with Crippen molar-refractivity contribution in [3.05, 3.63) is 18.2 Å². The number of benzene rings is 1. The Kier molecular flexibility index (Phi) is 5.86. The lowest BCUT2D eigenvalue weighted by molar-refractivity contribution is 0.300. The zero-order valence-electron chi connectivity index (χ0n) is 9.03. The molecule has 0 unspecified atom stereocenters. The summed E-state index contributed by atoms with van der Waals surface area (Å²) < 4.78 is 16.9. The highest BCUT2D eigenvalue weighted by atomic mass is 127. The average Bonchev–Trinajstić information content (AvgIpc) is 2.34. The average molecular weight is 332 g/mol. The maximum atomic E-state index is 5.53. The molecule has 0 bridgehead atoms. The second-order valence-electron chi connectivity index (χ2n) is 2.84. The summed E-state index contributed by atoms with van der Waals surface area (Å²) in [5, 5.41) is 0. The molecule has 0 amide bonds. The molecule has 0 spiro atoms. The maximum Gasteiger partial charge on any atom is 0.166 e. The molecule has 0 aliphatic carbocycles. The second kappa shape index (κ2) is 7.23. The van der Waals surface area contributed by atoms with Crippen LogP contribution in [0.25, 0.3) is 0 Å². The molecule has 3 nitrogen and oxygen atoms in total. The van der Waals surface area contributed by atoms with Crippen LogP contribution in [0.5, 0.6) is 17.2 Å². The van der Waals surface area contributed by atoms with Crippen LogP contribution in [0.2, 0.25) is 0 Å². The van der Waals surface area contributed by atoms with Crippen molar-refractivity contribution in [1.82, 2.24) is 0 Å². The van der Waals surface area contributed by atoms with Gasteiger partial charge >= 0.3 is 0 Å². The van der Waals surface area contributed by atoms with Crippen LogP contribution in [0.1, 0.15) is 0 Å². The summed E-state index contributed by atoms with van der Waals surface area (Å²) in [6, 6.07) is 5.40. The van der Waals surface area contributed by atoms with E-state index in [0.29, 0.717) is 23.9 Å². The molecule has 0 radical (unpaired) electrons. The van der Waals surface area contributed by atoms with Crippen LogP contribution in [0.15, 0.2) is 18.2 Å². The van der Waals surface area contributed by atoms with Gasteiger partial charge in [0.25, 0.3) is 0 Å². The van der Waals surface area contributed by atoms with E-state index in [4.69, 9.17) is 20.6 Å². The van der Waals surface area contributed by atoms with Crippen molar-refractivity contribution in [3.63, 3.8) is 0 Å². The van der Waals surface area contributed by atoms with Gasteiger partial charge in [0, 0.05) is 10.5 Å². The third kappa shape index (κ3) is 3.81. The lowest BCUT2D eigenvalue weighted by atomic mass is 10.3. The van der Waals surface area contributed by atoms with E-state index in [-0.39, 0.29) is 6.61 Å². The number of hydrogen-bond acceptors (Lipinski definition) is 3. The zero-order chi connectivity index (χ0) is 11.8. The van der Waals surface area contributed by atoms with Gasteiger partial charge in [-0.05, 0) is 12.1 Å². The molecule has 0 atom stereocenters. The van der Waals surface area contributed by atoms with Crippen LogP contribution in [-0.2, 0) is 0 Å². The molecule has 0 aliphatic rings. The van der Waals surface area contributed by atoms with E-state index in [1.54, 1.807) is 13.2 Å². The standard InChI is InChI=1S/C12H13IO3/c1-3-7-15-12-9-10(14-2)4-5-11(12)16-8-6-13/h1,4-5,9H,6-8H2,2H3. The first-order chi connectivity index (χ1) is 7.81. The number of terminal acetylenes is 1. The number of hydrogen-bond donors (Lipinski definition) is 0. The first kappa shape index (κ1) is 13.0. The van der Waals surface area contributed by atoms with Crippen molar-refractivity contribution in [2.45, 2.75) is 0 Å². The first-order valence-electron chi connectivity index (χ1n) is 4.75. The fourth-order valence-electron chi connectivity index (χ4n) is 1.12. The molecule has 0 aliphatic heterocycles. The lowest BCUT2D eigenvalue weighted by Crippen LogP contribution is -2.02. The molecule has 1 rings (SSSR count). The molecule has 86 valence electrons. The number of ether oxygens (including phenoxy) is 3. The van der Waals surface area contributed by atoms with E-state index in [2.05, 4.69) is 28.5 Å².